The van der Waals surface area contributed by atoms with E-state index in [0.717, 1.165) is 51.4 Å². The Labute approximate surface area is 557 Å². The van der Waals surface area contributed by atoms with Gasteiger partial charge in [0, 0.05) is 12.8 Å². The topological polar surface area (TPSA) is 95.9 Å². The third kappa shape index (κ3) is 75.0. The van der Waals surface area contributed by atoms with Gasteiger partial charge in [-0.1, -0.05) is 416 Å². The fourth-order valence-corrected chi connectivity index (χ4v) is 13.0. The molecule has 0 heterocycles. The van der Waals surface area contributed by atoms with E-state index in [-0.39, 0.29) is 18.5 Å². The number of amides is 1. The van der Waals surface area contributed by atoms with E-state index >= 15 is 0 Å². The first-order valence-corrected chi connectivity index (χ1v) is 40.8. The molecule has 0 aliphatic rings. The summed E-state index contributed by atoms with van der Waals surface area (Å²) in [5.74, 6) is -0.0485. The molecule has 0 aromatic heterocycles. The number of rotatable bonds is 77. The zero-order valence-corrected chi connectivity index (χ0v) is 60.4. The lowest BCUT2D eigenvalue weighted by molar-refractivity contribution is -0.143. The molecule has 0 aromatic carbocycles. The first-order chi connectivity index (χ1) is 44.0. The van der Waals surface area contributed by atoms with Gasteiger partial charge in [-0.2, -0.15) is 0 Å². The summed E-state index contributed by atoms with van der Waals surface area (Å²) in [7, 11) is 0. The summed E-state index contributed by atoms with van der Waals surface area (Å²) in [6.45, 7) is 4.93. The Balaban J connectivity index is 3.34. The van der Waals surface area contributed by atoms with E-state index in [1.807, 2.05) is 6.08 Å². The number of hydrogen-bond donors (Lipinski definition) is 3. The van der Waals surface area contributed by atoms with Crippen molar-refractivity contribution < 1.29 is 24.5 Å². The molecule has 526 valence electrons. The maximum atomic E-state index is 12.5. The molecule has 0 rings (SSSR count). The average molecular weight is 1250 g/mol. The molecule has 0 saturated heterocycles. The Kier molecular flexibility index (Phi) is 76.8. The summed E-state index contributed by atoms with van der Waals surface area (Å²) in [4.78, 5) is 24.6. The van der Waals surface area contributed by atoms with Crippen molar-refractivity contribution in [2.24, 2.45) is 0 Å². The van der Waals surface area contributed by atoms with Crippen LogP contribution in [-0.4, -0.2) is 47.4 Å². The van der Waals surface area contributed by atoms with Crippen LogP contribution in [0.25, 0.3) is 0 Å². The van der Waals surface area contributed by atoms with Gasteiger partial charge in [-0.3, -0.25) is 9.59 Å². The molecule has 3 N–H and O–H groups in total. The zero-order valence-electron chi connectivity index (χ0n) is 60.4. The van der Waals surface area contributed by atoms with Crippen molar-refractivity contribution in [1.29, 1.82) is 0 Å². The molecule has 0 bridgehead atoms. The van der Waals surface area contributed by atoms with E-state index < -0.39 is 12.1 Å². The Bertz CT molecular complexity index is 1440. The van der Waals surface area contributed by atoms with E-state index in [0.29, 0.717) is 19.4 Å². The monoisotopic (exact) mass is 1250 g/mol. The lowest BCUT2D eigenvalue weighted by Gasteiger charge is -2.20. The number of esters is 1. The summed E-state index contributed by atoms with van der Waals surface area (Å²) in [5, 5.41) is 23.3. The molecule has 2 atom stereocenters. The highest BCUT2D eigenvalue weighted by molar-refractivity contribution is 5.76. The van der Waals surface area contributed by atoms with Crippen molar-refractivity contribution in [2.75, 3.05) is 13.2 Å². The van der Waals surface area contributed by atoms with Crippen molar-refractivity contribution in [3.05, 3.63) is 36.5 Å². The largest absolute Gasteiger partial charge is 0.466 e. The highest BCUT2D eigenvalue weighted by Crippen LogP contribution is 2.20. The molecule has 1 amide bonds. The number of hydrogen-bond acceptors (Lipinski definition) is 5. The second-order valence-electron chi connectivity index (χ2n) is 28.1. The van der Waals surface area contributed by atoms with Gasteiger partial charge >= 0.3 is 5.97 Å². The minimum atomic E-state index is -0.842. The van der Waals surface area contributed by atoms with Gasteiger partial charge in [0.15, 0.2) is 0 Å². The minimum Gasteiger partial charge on any atom is -0.466 e. The molecule has 2 unspecified atom stereocenters. The highest BCUT2D eigenvalue weighted by Gasteiger charge is 2.18. The summed E-state index contributed by atoms with van der Waals surface area (Å²) >= 11 is 0. The fraction of sp³-hybridized carbons (Fsp3) is 0.904. The predicted octanol–water partition coefficient (Wildman–Crippen LogP) is 27.0. The Hall–Kier alpha value is -1.92. The fourth-order valence-electron chi connectivity index (χ4n) is 13.0. The van der Waals surface area contributed by atoms with Crippen LogP contribution in [0.3, 0.4) is 0 Å². The Morgan fingerprint density at radius 2 is 0.562 bits per heavy atom. The van der Waals surface area contributed by atoms with Crippen LogP contribution in [-0.2, 0) is 14.3 Å². The first-order valence-electron chi connectivity index (χ1n) is 40.8. The minimum absolute atomic E-state index is 0.00958. The third-order valence-corrected chi connectivity index (χ3v) is 19.2. The highest BCUT2D eigenvalue weighted by atomic mass is 16.5. The molecule has 0 aliphatic carbocycles. The van der Waals surface area contributed by atoms with E-state index in [1.165, 1.54) is 379 Å². The van der Waals surface area contributed by atoms with Crippen LogP contribution >= 0.6 is 0 Å². The van der Waals surface area contributed by atoms with Crippen molar-refractivity contribution in [3.8, 4) is 0 Å². The summed E-state index contributed by atoms with van der Waals surface area (Å²) in [6.07, 6.45) is 103. The van der Waals surface area contributed by atoms with Crippen molar-refractivity contribution in [3.63, 3.8) is 0 Å². The van der Waals surface area contributed by atoms with Crippen molar-refractivity contribution in [2.45, 2.75) is 469 Å². The number of carbonyl (C=O) groups is 2. The van der Waals surface area contributed by atoms with Crippen LogP contribution in [0.2, 0.25) is 0 Å². The Morgan fingerprint density at radius 3 is 0.865 bits per heavy atom. The second-order valence-corrected chi connectivity index (χ2v) is 28.1. The molecule has 6 heteroatoms. The number of ether oxygens (including phenoxy) is 1. The summed E-state index contributed by atoms with van der Waals surface area (Å²) in [5.41, 5.74) is 0. The van der Waals surface area contributed by atoms with Gasteiger partial charge in [-0.15, -0.1) is 0 Å². The lowest BCUT2D eigenvalue weighted by atomic mass is 10.0. The van der Waals surface area contributed by atoms with Crippen LogP contribution in [0, 0.1) is 0 Å². The molecule has 0 aromatic rings. The van der Waals surface area contributed by atoms with Gasteiger partial charge in [0.1, 0.15) is 0 Å². The molecule has 0 radical (unpaired) electrons. The number of aliphatic hydroxyl groups excluding tert-OH is 2. The zero-order chi connectivity index (χ0) is 64.2. The predicted molar refractivity (Wildman–Crippen MR) is 393 cm³/mol. The third-order valence-electron chi connectivity index (χ3n) is 19.2. The smallest absolute Gasteiger partial charge is 0.305 e. The Morgan fingerprint density at radius 1 is 0.315 bits per heavy atom. The van der Waals surface area contributed by atoms with Gasteiger partial charge < -0.3 is 20.3 Å². The van der Waals surface area contributed by atoms with E-state index in [4.69, 9.17) is 4.74 Å². The number of unbranched alkanes of at least 4 members (excludes halogenated alkanes) is 62. The maximum absolute atomic E-state index is 12.5. The van der Waals surface area contributed by atoms with E-state index in [9.17, 15) is 19.8 Å². The SMILES string of the molecule is CCCCCC/C=C\C/C=C\CCCCCCCC(=O)OCCCCCCCCCCCCCCCCCCCCCCCCCCCCCCCCCCCCCC(=O)NC(CO)C(O)/C=C/CCCCCCCCCCCCCCCCCCCCC. The first kappa shape index (κ1) is 87.1. The number of nitrogens with one attached hydrogen (secondary N) is 1. The van der Waals surface area contributed by atoms with E-state index in [2.05, 4.69) is 43.5 Å². The average Bonchev–Trinajstić information content (AvgIpc) is 3.55. The van der Waals surface area contributed by atoms with Gasteiger partial charge in [0.25, 0.3) is 0 Å². The second kappa shape index (κ2) is 78.5. The molecule has 0 aliphatic heterocycles. The summed E-state index contributed by atoms with van der Waals surface area (Å²) < 4.78 is 5.50. The van der Waals surface area contributed by atoms with Crippen LogP contribution in [0.15, 0.2) is 36.5 Å². The van der Waals surface area contributed by atoms with Gasteiger partial charge in [0.05, 0.1) is 25.4 Å². The van der Waals surface area contributed by atoms with Gasteiger partial charge in [-0.05, 0) is 64.2 Å². The standard InChI is InChI=1S/C83H159NO5/c1-3-5-7-9-11-13-15-17-19-21-22-38-41-44-47-51-55-59-63-67-71-75-81(86)80(79-85)84-82(87)76-72-68-64-60-56-52-48-45-42-39-36-34-32-30-28-26-24-23-25-27-29-31-33-35-37-40-43-46-50-54-58-62-66-70-74-78-89-83(88)77-73-69-65-61-57-53-49-20-18-16-14-12-10-8-6-4-2/h14,16,20,49,71,75,80-81,85-86H,3-13,15,17-19,21-48,50-70,72-74,76-79H2,1-2H3,(H,84,87)/b16-14-,49-20-,75-71+. The lowest BCUT2D eigenvalue weighted by Crippen LogP contribution is -2.45. The molecular formula is C83H159NO5. The number of allylic oxidation sites excluding steroid dienone is 5. The molecule has 0 saturated carbocycles. The maximum Gasteiger partial charge on any atom is 0.305 e. The molecular weight excluding hydrogens is 1090 g/mol. The molecule has 0 fully saturated rings. The van der Waals surface area contributed by atoms with Gasteiger partial charge in [0.2, 0.25) is 5.91 Å². The van der Waals surface area contributed by atoms with Crippen molar-refractivity contribution in [1.82, 2.24) is 5.32 Å². The van der Waals surface area contributed by atoms with Gasteiger partial charge in [-0.25, -0.2) is 0 Å². The normalized spacial score (nSPS) is 12.6. The number of carbonyl (C=O) groups excluding carboxylic acids is 2. The molecule has 6 nitrogen and oxygen atoms in total. The number of aliphatic hydroxyl groups is 2. The molecule has 89 heavy (non-hydrogen) atoms. The quantitative estimate of drug-likeness (QED) is 0.0320. The van der Waals surface area contributed by atoms with Crippen LogP contribution < -0.4 is 5.32 Å². The van der Waals surface area contributed by atoms with Crippen LogP contribution in [0.4, 0.5) is 0 Å². The van der Waals surface area contributed by atoms with E-state index in [1.54, 1.807) is 6.08 Å². The van der Waals surface area contributed by atoms with Crippen LogP contribution in [0.5, 0.6) is 0 Å². The van der Waals surface area contributed by atoms with Crippen molar-refractivity contribution >= 4 is 11.9 Å². The van der Waals surface area contributed by atoms with Crippen LogP contribution in [0.1, 0.15) is 457 Å². The molecule has 0 spiro atoms. The summed E-state index contributed by atoms with van der Waals surface area (Å²) in [6, 6.07) is -0.625.